The SMILES string of the molecule is N#Cc1cccc(CNC(=O)N2CCCCC2Cc2ccc(O)cc2)c1. The molecule has 5 heteroatoms. The van der Waals surface area contributed by atoms with E-state index in [9.17, 15) is 9.90 Å². The minimum atomic E-state index is -0.0594. The number of piperidine rings is 1. The van der Waals surface area contributed by atoms with E-state index in [1.165, 1.54) is 0 Å². The van der Waals surface area contributed by atoms with Crippen molar-refractivity contribution < 1.29 is 9.90 Å². The molecule has 0 aromatic heterocycles. The quantitative estimate of drug-likeness (QED) is 0.886. The number of phenolic OH excluding ortho intramolecular Hbond substituents is 1. The highest BCUT2D eigenvalue weighted by Gasteiger charge is 2.26. The molecule has 0 bridgehead atoms. The van der Waals surface area contributed by atoms with E-state index in [1.807, 2.05) is 29.2 Å². The molecule has 3 rings (SSSR count). The number of amides is 2. The van der Waals surface area contributed by atoms with Crippen molar-refractivity contribution in [2.75, 3.05) is 6.54 Å². The maximum absolute atomic E-state index is 12.7. The lowest BCUT2D eigenvalue weighted by Crippen LogP contribution is -2.49. The number of carbonyl (C=O) groups excluding carboxylic acids is 1. The fraction of sp³-hybridized carbons (Fsp3) is 0.333. The van der Waals surface area contributed by atoms with Crippen LogP contribution in [0.15, 0.2) is 48.5 Å². The van der Waals surface area contributed by atoms with E-state index in [0.717, 1.165) is 43.4 Å². The number of aromatic hydroxyl groups is 1. The summed E-state index contributed by atoms with van der Waals surface area (Å²) in [7, 11) is 0. The molecule has 2 aromatic carbocycles. The van der Waals surface area contributed by atoms with Crippen molar-refractivity contribution in [3.8, 4) is 11.8 Å². The predicted octanol–water partition coefficient (Wildman–Crippen LogP) is 3.57. The van der Waals surface area contributed by atoms with Crippen LogP contribution in [-0.2, 0) is 13.0 Å². The molecule has 2 aromatic rings. The number of benzene rings is 2. The summed E-state index contributed by atoms with van der Waals surface area (Å²) in [6.07, 6.45) is 3.91. The largest absolute Gasteiger partial charge is 0.508 e. The summed E-state index contributed by atoms with van der Waals surface area (Å²) in [6.45, 7) is 1.17. The molecular weight excluding hydrogens is 326 g/mol. The number of nitriles is 1. The number of hydrogen-bond donors (Lipinski definition) is 2. The molecule has 0 saturated carbocycles. The monoisotopic (exact) mass is 349 g/mol. The zero-order valence-electron chi connectivity index (χ0n) is 14.7. The van der Waals surface area contributed by atoms with Crippen molar-refractivity contribution in [2.45, 2.75) is 38.3 Å². The first kappa shape index (κ1) is 17.8. The van der Waals surface area contributed by atoms with Crippen LogP contribution in [0.1, 0.15) is 36.0 Å². The van der Waals surface area contributed by atoms with Gasteiger partial charge in [-0.2, -0.15) is 5.26 Å². The third-order valence-electron chi connectivity index (χ3n) is 4.80. The maximum Gasteiger partial charge on any atom is 0.317 e. The Morgan fingerprint density at radius 3 is 2.77 bits per heavy atom. The van der Waals surface area contributed by atoms with Crippen LogP contribution in [-0.4, -0.2) is 28.6 Å². The highest BCUT2D eigenvalue weighted by Crippen LogP contribution is 2.22. The first-order valence-electron chi connectivity index (χ1n) is 8.97. The lowest BCUT2D eigenvalue weighted by molar-refractivity contribution is 0.150. The molecule has 0 radical (unpaired) electrons. The number of likely N-dealkylation sites (tertiary alicyclic amines) is 1. The second-order valence-corrected chi connectivity index (χ2v) is 6.68. The number of urea groups is 1. The van der Waals surface area contributed by atoms with Gasteiger partial charge in [-0.15, -0.1) is 0 Å². The van der Waals surface area contributed by atoms with E-state index < -0.39 is 0 Å². The van der Waals surface area contributed by atoms with Crippen LogP contribution < -0.4 is 5.32 Å². The van der Waals surface area contributed by atoms with Crippen LogP contribution >= 0.6 is 0 Å². The summed E-state index contributed by atoms with van der Waals surface area (Å²) in [5.74, 6) is 0.256. The standard InChI is InChI=1S/C21H23N3O2/c22-14-17-4-3-5-18(12-17)15-23-21(26)24-11-2-1-6-19(24)13-16-7-9-20(25)10-8-16/h3-5,7-10,12,19,25H,1-2,6,11,13,15H2,(H,23,26). The Kier molecular flexibility index (Phi) is 5.75. The smallest absolute Gasteiger partial charge is 0.317 e. The highest BCUT2D eigenvalue weighted by atomic mass is 16.3. The Morgan fingerprint density at radius 1 is 1.19 bits per heavy atom. The summed E-state index contributed by atoms with van der Waals surface area (Å²) in [6, 6.07) is 16.7. The molecule has 1 saturated heterocycles. The summed E-state index contributed by atoms with van der Waals surface area (Å²) in [5.41, 5.74) is 2.64. The third-order valence-corrected chi connectivity index (χ3v) is 4.80. The van der Waals surface area contributed by atoms with Gasteiger partial charge in [0.05, 0.1) is 11.6 Å². The normalized spacial score (nSPS) is 16.7. The molecule has 1 aliphatic heterocycles. The van der Waals surface area contributed by atoms with Crippen LogP contribution in [0, 0.1) is 11.3 Å². The van der Waals surface area contributed by atoms with E-state index in [1.54, 1.807) is 24.3 Å². The molecule has 5 nitrogen and oxygen atoms in total. The molecule has 134 valence electrons. The molecule has 1 unspecified atom stereocenters. The Balaban J connectivity index is 1.62. The molecule has 2 amide bonds. The van der Waals surface area contributed by atoms with E-state index >= 15 is 0 Å². The van der Waals surface area contributed by atoms with Crippen LogP contribution in [0.25, 0.3) is 0 Å². The number of hydrogen-bond acceptors (Lipinski definition) is 3. The molecule has 1 fully saturated rings. The molecule has 1 heterocycles. The molecule has 2 N–H and O–H groups in total. The Morgan fingerprint density at radius 2 is 2.00 bits per heavy atom. The molecule has 1 atom stereocenters. The van der Waals surface area contributed by atoms with Gasteiger partial charge in [-0.05, 0) is 61.1 Å². The second-order valence-electron chi connectivity index (χ2n) is 6.68. The zero-order chi connectivity index (χ0) is 18.4. The van der Waals surface area contributed by atoms with Gasteiger partial charge in [-0.1, -0.05) is 24.3 Å². The molecule has 26 heavy (non-hydrogen) atoms. The Bertz CT molecular complexity index is 796. The van der Waals surface area contributed by atoms with Gasteiger partial charge in [0.25, 0.3) is 0 Å². The number of phenols is 1. The van der Waals surface area contributed by atoms with Gasteiger partial charge in [0.15, 0.2) is 0 Å². The molecule has 0 aliphatic carbocycles. The third kappa shape index (κ3) is 4.54. The van der Waals surface area contributed by atoms with Gasteiger partial charge < -0.3 is 15.3 Å². The maximum atomic E-state index is 12.7. The summed E-state index contributed by atoms with van der Waals surface area (Å²) in [4.78, 5) is 14.6. The average molecular weight is 349 g/mol. The first-order chi connectivity index (χ1) is 12.7. The topological polar surface area (TPSA) is 76.4 Å². The molecule has 0 spiro atoms. The van der Waals surface area contributed by atoms with Gasteiger partial charge in [-0.25, -0.2) is 4.79 Å². The van der Waals surface area contributed by atoms with Gasteiger partial charge in [-0.3, -0.25) is 0 Å². The molecule has 1 aliphatic rings. The fourth-order valence-corrected chi connectivity index (χ4v) is 3.41. The minimum absolute atomic E-state index is 0.0594. The number of nitrogens with zero attached hydrogens (tertiary/aromatic N) is 2. The summed E-state index contributed by atoms with van der Waals surface area (Å²) in [5, 5.41) is 21.4. The van der Waals surface area contributed by atoms with Crippen LogP contribution in [0.4, 0.5) is 4.79 Å². The number of carbonyl (C=O) groups is 1. The van der Waals surface area contributed by atoms with E-state index in [4.69, 9.17) is 5.26 Å². The van der Waals surface area contributed by atoms with Crippen molar-refractivity contribution in [3.05, 3.63) is 65.2 Å². The number of rotatable bonds is 4. The van der Waals surface area contributed by atoms with E-state index in [0.29, 0.717) is 12.1 Å². The summed E-state index contributed by atoms with van der Waals surface area (Å²) >= 11 is 0. The van der Waals surface area contributed by atoms with Crippen molar-refractivity contribution >= 4 is 6.03 Å². The van der Waals surface area contributed by atoms with Crippen LogP contribution in [0.2, 0.25) is 0 Å². The highest BCUT2D eigenvalue weighted by molar-refractivity contribution is 5.74. The van der Waals surface area contributed by atoms with Gasteiger partial charge >= 0.3 is 6.03 Å². The van der Waals surface area contributed by atoms with E-state index in [-0.39, 0.29) is 17.8 Å². The minimum Gasteiger partial charge on any atom is -0.508 e. The van der Waals surface area contributed by atoms with Crippen molar-refractivity contribution in [3.63, 3.8) is 0 Å². The predicted molar refractivity (Wildman–Crippen MR) is 99.5 cm³/mol. The second kappa shape index (κ2) is 8.39. The van der Waals surface area contributed by atoms with Crippen molar-refractivity contribution in [1.82, 2.24) is 10.2 Å². The average Bonchev–Trinajstić information content (AvgIpc) is 2.68. The van der Waals surface area contributed by atoms with Gasteiger partial charge in [0.1, 0.15) is 5.75 Å². The van der Waals surface area contributed by atoms with Crippen molar-refractivity contribution in [1.29, 1.82) is 5.26 Å². The molecular formula is C21H23N3O2. The van der Waals surface area contributed by atoms with E-state index in [2.05, 4.69) is 11.4 Å². The van der Waals surface area contributed by atoms with Crippen molar-refractivity contribution in [2.24, 2.45) is 0 Å². The summed E-state index contributed by atoms with van der Waals surface area (Å²) < 4.78 is 0. The zero-order valence-corrected chi connectivity index (χ0v) is 14.7. The first-order valence-corrected chi connectivity index (χ1v) is 8.97. The lowest BCUT2D eigenvalue weighted by atomic mass is 9.96. The van der Waals surface area contributed by atoms with Gasteiger partial charge in [0, 0.05) is 19.1 Å². The van der Waals surface area contributed by atoms with Gasteiger partial charge in [0.2, 0.25) is 0 Å². The van der Waals surface area contributed by atoms with Crippen LogP contribution in [0.5, 0.6) is 5.75 Å². The lowest BCUT2D eigenvalue weighted by Gasteiger charge is -2.36. The Labute approximate surface area is 153 Å². The Hall–Kier alpha value is -3.00. The number of nitrogens with one attached hydrogen (secondary N) is 1. The van der Waals surface area contributed by atoms with Crippen LogP contribution in [0.3, 0.4) is 0 Å². The fourth-order valence-electron chi connectivity index (χ4n) is 3.41.